The molecule has 1 nitrogen and oxygen atoms in total. The number of rotatable bonds is 1. The topological polar surface area (TPSA) is 3.24 Å². The number of alkyl halides is 1. The average Bonchev–Trinajstić information content (AvgIpc) is 2.43. The van der Waals surface area contributed by atoms with E-state index in [0.29, 0.717) is 6.54 Å². The Morgan fingerprint density at radius 2 is 2.45 bits per heavy atom. The highest BCUT2D eigenvalue weighted by Crippen LogP contribution is 2.41. The Labute approximate surface area is 67.6 Å². The van der Waals surface area contributed by atoms with E-state index in [4.69, 9.17) is 0 Å². The van der Waals surface area contributed by atoms with Gasteiger partial charge in [0.05, 0.1) is 0 Å². The fraction of sp³-hybridized carbons (Fsp3) is 1.00. The Hall–Kier alpha value is -0.110. The van der Waals surface area contributed by atoms with Gasteiger partial charge in [0, 0.05) is 12.1 Å². The molecule has 2 atom stereocenters. The van der Waals surface area contributed by atoms with Crippen molar-refractivity contribution in [3.8, 4) is 0 Å². The first kappa shape index (κ1) is 7.53. The summed E-state index contributed by atoms with van der Waals surface area (Å²) in [5.74, 6) is 0. The molecule has 2 heteroatoms. The zero-order valence-corrected chi connectivity index (χ0v) is 7.15. The van der Waals surface area contributed by atoms with E-state index >= 15 is 0 Å². The highest BCUT2D eigenvalue weighted by atomic mass is 19.1. The Morgan fingerprint density at radius 1 is 1.64 bits per heavy atom. The zero-order valence-electron chi connectivity index (χ0n) is 7.15. The molecular formula is C9H16FN. The van der Waals surface area contributed by atoms with Gasteiger partial charge in [-0.25, -0.2) is 4.39 Å². The summed E-state index contributed by atoms with van der Waals surface area (Å²) in [5.41, 5.74) is 0.277. The van der Waals surface area contributed by atoms with Gasteiger partial charge in [0.25, 0.3) is 0 Å². The molecule has 2 heterocycles. The number of hydrogen-bond acceptors (Lipinski definition) is 1. The maximum atomic E-state index is 13.0. The van der Waals surface area contributed by atoms with Crippen molar-refractivity contribution < 1.29 is 4.39 Å². The van der Waals surface area contributed by atoms with Crippen LogP contribution in [0.3, 0.4) is 0 Å². The van der Waals surface area contributed by atoms with Gasteiger partial charge in [-0.05, 0) is 32.2 Å². The molecule has 0 aromatic rings. The van der Waals surface area contributed by atoms with Crippen LogP contribution in [-0.2, 0) is 0 Å². The maximum Gasteiger partial charge on any atom is 0.115 e. The van der Waals surface area contributed by atoms with Crippen molar-refractivity contribution in [3.63, 3.8) is 0 Å². The van der Waals surface area contributed by atoms with Crippen molar-refractivity contribution in [1.29, 1.82) is 0 Å². The molecule has 0 spiro atoms. The second kappa shape index (κ2) is 2.44. The molecule has 0 bridgehead atoms. The van der Waals surface area contributed by atoms with Crippen LogP contribution in [0.5, 0.6) is 0 Å². The lowest BCUT2D eigenvalue weighted by molar-refractivity contribution is 0.189. The lowest BCUT2D eigenvalue weighted by atomic mass is 9.91. The molecule has 2 aliphatic heterocycles. The van der Waals surface area contributed by atoms with Gasteiger partial charge in [0.1, 0.15) is 6.17 Å². The average molecular weight is 157 g/mol. The van der Waals surface area contributed by atoms with Gasteiger partial charge in [0.15, 0.2) is 0 Å². The third kappa shape index (κ3) is 0.994. The predicted octanol–water partition coefficient (Wildman–Crippen LogP) is 1.97. The number of fused-ring (bicyclic) bond motifs is 1. The zero-order chi connectivity index (χ0) is 7.90. The second-order valence-corrected chi connectivity index (χ2v) is 3.93. The summed E-state index contributed by atoms with van der Waals surface area (Å²) in [7, 11) is 0. The fourth-order valence-electron chi connectivity index (χ4n) is 2.77. The van der Waals surface area contributed by atoms with E-state index < -0.39 is 6.17 Å². The van der Waals surface area contributed by atoms with Gasteiger partial charge in [-0.2, -0.15) is 0 Å². The molecule has 0 aromatic carbocycles. The van der Waals surface area contributed by atoms with Crippen molar-refractivity contribution >= 4 is 0 Å². The van der Waals surface area contributed by atoms with E-state index in [9.17, 15) is 4.39 Å². The summed E-state index contributed by atoms with van der Waals surface area (Å²) in [4.78, 5) is 2.36. The number of hydrogen-bond donors (Lipinski definition) is 0. The Kier molecular flexibility index (Phi) is 1.67. The van der Waals surface area contributed by atoms with Crippen molar-refractivity contribution in [2.45, 2.75) is 44.3 Å². The van der Waals surface area contributed by atoms with Crippen LogP contribution in [0, 0.1) is 0 Å². The van der Waals surface area contributed by atoms with Crippen LogP contribution in [0.25, 0.3) is 0 Å². The van der Waals surface area contributed by atoms with Crippen LogP contribution in [-0.4, -0.2) is 29.7 Å². The van der Waals surface area contributed by atoms with Gasteiger partial charge in [-0.15, -0.1) is 0 Å². The smallest absolute Gasteiger partial charge is 0.115 e. The molecule has 0 aliphatic carbocycles. The molecular weight excluding hydrogens is 141 g/mol. The van der Waals surface area contributed by atoms with E-state index in [0.717, 1.165) is 19.4 Å². The second-order valence-electron chi connectivity index (χ2n) is 3.93. The quantitative estimate of drug-likeness (QED) is 0.562. The summed E-state index contributed by atoms with van der Waals surface area (Å²) in [5, 5.41) is 0. The van der Waals surface area contributed by atoms with Crippen LogP contribution < -0.4 is 0 Å². The minimum Gasteiger partial charge on any atom is -0.295 e. The molecule has 0 amide bonds. The number of halogens is 1. The van der Waals surface area contributed by atoms with Crippen LogP contribution in [0.4, 0.5) is 4.39 Å². The van der Waals surface area contributed by atoms with Crippen LogP contribution in [0.1, 0.15) is 32.6 Å². The van der Waals surface area contributed by atoms with Crippen LogP contribution in [0.15, 0.2) is 0 Å². The molecule has 11 heavy (non-hydrogen) atoms. The lowest BCUT2D eigenvalue weighted by Gasteiger charge is -2.29. The van der Waals surface area contributed by atoms with E-state index in [1.165, 1.54) is 12.8 Å². The summed E-state index contributed by atoms with van der Waals surface area (Å²) >= 11 is 0. The first-order chi connectivity index (χ1) is 5.27. The van der Waals surface area contributed by atoms with Crippen molar-refractivity contribution in [2.24, 2.45) is 0 Å². The van der Waals surface area contributed by atoms with Crippen LogP contribution >= 0.6 is 0 Å². The molecule has 0 N–H and O–H groups in total. The minimum absolute atomic E-state index is 0.277. The molecule has 2 aliphatic rings. The maximum absolute atomic E-state index is 13.0. The summed E-state index contributed by atoms with van der Waals surface area (Å²) in [6.07, 6.45) is 3.89. The molecule has 64 valence electrons. The SMILES string of the molecule is CC[C@@]12CCCN1C[C@@H](F)C2. The lowest BCUT2D eigenvalue weighted by Crippen LogP contribution is -2.37. The molecule has 0 radical (unpaired) electrons. The minimum atomic E-state index is -0.546. The van der Waals surface area contributed by atoms with E-state index in [2.05, 4.69) is 11.8 Å². The van der Waals surface area contributed by atoms with Gasteiger partial charge >= 0.3 is 0 Å². The van der Waals surface area contributed by atoms with Crippen molar-refractivity contribution in [2.75, 3.05) is 13.1 Å². The first-order valence-corrected chi connectivity index (χ1v) is 4.66. The Balaban J connectivity index is 2.15. The molecule has 0 saturated carbocycles. The van der Waals surface area contributed by atoms with E-state index in [1.54, 1.807) is 0 Å². The molecule has 0 aromatic heterocycles. The van der Waals surface area contributed by atoms with Gasteiger partial charge in [-0.1, -0.05) is 6.92 Å². The summed E-state index contributed by atoms with van der Waals surface area (Å²) < 4.78 is 13.0. The fourth-order valence-corrected chi connectivity index (χ4v) is 2.77. The van der Waals surface area contributed by atoms with Crippen molar-refractivity contribution in [3.05, 3.63) is 0 Å². The molecule has 2 fully saturated rings. The monoisotopic (exact) mass is 157 g/mol. The Morgan fingerprint density at radius 3 is 3.09 bits per heavy atom. The predicted molar refractivity (Wildman–Crippen MR) is 43.3 cm³/mol. The number of nitrogens with zero attached hydrogens (tertiary/aromatic N) is 1. The Bertz CT molecular complexity index is 160. The van der Waals surface area contributed by atoms with Crippen LogP contribution in [0.2, 0.25) is 0 Å². The third-order valence-electron chi connectivity index (χ3n) is 3.42. The first-order valence-electron chi connectivity index (χ1n) is 4.66. The third-order valence-corrected chi connectivity index (χ3v) is 3.42. The molecule has 2 rings (SSSR count). The van der Waals surface area contributed by atoms with E-state index in [-0.39, 0.29) is 5.54 Å². The summed E-state index contributed by atoms with van der Waals surface area (Å²) in [6.45, 7) is 4.03. The molecule has 2 saturated heterocycles. The normalized spacial score (nSPS) is 44.7. The van der Waals surface area contributed by atoms with Crippen molar-refractivity contribution in [1.82, 2.24) is 4.90 Å². The highest BCUT2D eigenvalue weighted by Gasteiger charge is 2.46. The molecule has 0 unspecified atom stereocenters. The van der Waals surface area contributed by atoms with Gasteiger partial charge in [0.2, 0.25) is 0 Å². The van der Waals surface area contributed by atoms with Gasteiger partial charge < -0.3 is 0 Å². The standard InChI is InChI=1S/C9H16FN/c1-2-9-4-3-5-11(9)7-8(10)6-9/h8H,2-7H2,1H3/t8-,9-/m0/s1. The summed E-state index contributed by atoms with van der Waals surface area (Å²) in [6, 6.07) is 0. The highest BCUT2D eigenvalue weighted by molar-refractivity contribution is 5.02. The largest absolute Gasteiger partial charge is 0.295 e. The van der Waals surface area contributed by atoms with E-state index in [1.807, 2.05) is 0 Å². The van der Waals surface area contributed by atoms with Gasteiger partial charge in [-0.3, -0.25) is 4.90 Å².